The number of hydrogen-bond acceptors (Lipinski definition) is 2. The van der Waals surface area contributed by atoms with Crippen molar-refractivity contribution in [2.45, 2.75) is 6.92 Å². The maximum Gasteiger partial charge on any atom is 0.255 e. The quantitative estimate of drug-likeness (QED) is 0.779. The Kier molecular flexibility index (Phi) is 3.28. The lowest BCUT2D eigenvalue weighted by Crippen LogP contribution is -2.13. The number of fused-ring (bicyclic) bond motifs is 1. The second-order valence-corrected chi connectivity index (χ2v) is 5.47. The maximum absolute atomic E-state index is 12.3. The first-order valence-electron chi connectivity index (χ1n) is 6.13. The van der Waals surface area contributed by atoms with Crippen molar-refractivity contribution in [2.24, 2.45) is 0 Å². The summed E-state index contributed by atoms with van der Waals surface area (Å²) < 4.78 is 2.86. The van der Waals surface area contributed by atoms with Crippen LogP contribution in [0.25, 0.3) is 5.52 Å². The Balaban J connectivity index is 1.88. The normalized spacial score (nSPS) is 10.7. The first-order chi connectivity index (χ1) is 9.63. The van der Waals surface area contributed by atoms with Crippen molar-refractivity contribution in [3.8, 4) is 0 Å². The first kappa shape index (κ1) is 12.9. The van der Waals surface area contributed by atoms with E-state index in [1.807, 2.05) is 41.8 Å². The molecule has 3 aromatic rings. The lowest BCUT2D eigenvalue weighted by atomic mass is 10.2. The van der Waals surface area contributed by atoms with E-state index in [2.05, 4.69) is 26.2 Å². The third-order valence-electron chi connectivity index (χ3n) is 3.11. The molecule has 0 saturated heterocycles. The molecule has 1 amide bonds. The van der Waals surface area contributed by atoms with Crippen LogP contribution in [0.5, 0.6) is 0 Å². The summed E-state index contributed by atoms with van der Waals surface area (Å²) in [7, 11) is 0. The highest BCUT2D eigenvalue weighted by molar-refractivity contribution is 9.10. The number of aromatic nitrogens is 2. The lowest BCUT2D eigenvalue weighted by molar-refractivity contribution is 0.102. The number of amides is 1. The molecule has 5 heteroatoms. The summed E-state index contributed by atoms with van der Waals surface area (Å²) in [5, 5.41) is 2.92. The number of pyridine rings is 1. The molecule has 1 aromatic carbocycles. The molecule has 100 valence electrons. The summed E-state index contributed by atoms with van der Waals surface area (Å²) in [6.45, 7) is 1.96. The van der Waals surface area contributed by atoms with E-state index in [0.717, 1.165) is 21.2 Å². The summed E-state index contributed by atoms with van der Waals surface area (Å²) in [5.74, 6) is -0.126. The van der Waals surface area contributed by atoms with E-state index in [4.69, 9.17) is 0 Å². The number of aryl methyl sites for hydroxylation is 1. The number of nitrogens with zero attached hydrogens (tertiary/aromatic N) is 2. The van der Waals surface area contributed by atoms with Crippen molar-refractivity contribution >= 4 is 33.0 Å². The standard InChI is InChI=1S/C15H12BrN3O/c1-10-6-12(16)2-3-14(10)18-15(20)11-4-5-19-9-17-8-13(19)7-11/h2-9H,1H3,(H,18,20). The van der Waals surface area contributed by atoms with E-state index >= 15 is 0 Å². The average molecular weight is 330 g/mol. The number of carbonyl (C=O) groups excluding carboxylic acids is 1. The Hall–Kier alpha value is -2.14. The molecule has 0 radical (unpaired) electrons. The van der Waals surface area contributed by atoms with Gasteiger partial charge in [-0.3, -0.25) is 4.79 Å². The van der Waals surface area contributed by atoms with Gasteiger partial charge in [-0.05, 0) is 42.8 Å². The fraction of sp³-hybridized carbons (Fsp3) is 0.0667. The van der Waals surface area contributed by atoms with Crippen LogP contribution in [-0.4, -0.2) is 15.3 Å². The summed E-state index contributed by atoms with van der Waals surface area (Å²) in [4.78, 5) is 16.3. The Morgan fingerprint density at radius 3 is 2.95 bits per heavy atom. The van der Waals surface area contributed by atoms with E-state index in [1.165, 1.54) is 0 Å². The summed E-state index contributed by atoms with van der Waals surface area (Å²) in [6, 6.07) is 9.35. The van der Waals surface area contributed by atoms with Crippen LogP contribution in [0.2, 0.25) is 0 Å². The van der Waals surface area contributed by atoms with E-state index in [-0.39, 0.29) is 5.91 Å². The molecule has 0 aliphatic rings. The topological polar surface area (TPSA) is 46.4 Å². The Bertz CT molecular complexity index is 795. The molecule has 0 fully saturated rings. The van der Waals surface area contributed by atoms with Crippen molar-refractivity contribution < 1.29 is 4.79 Å². The van der Waals surface area contributed by atoms with Crippen molar-refractivity contribution in [3.63, 3.8) is 0 Å². The highest BCUT2D eigenvalue weighted by Crippen LogP contribution is 2.20. The van der Waals surface area contributed by atoms with Gasteiger partial charge in [0.15, 0.2) is 0 Å². The zero-order valence-electron chi connectivity index (χ0n) is 10.8. The maximum atomic E-state index is 12.3. The number of rotatable bonds is 2. The van der Waals surface area contributed by atoms with Crippen LogP contribution < -0.4 is 5.32 Å². The number of imidazole rings is 1. The Morgan fingerprint density at radius 2 is 2.15 bits per heavy atom. The zero-order chi connectivity index (χ0) is 14.1. The highest BCUT2D eigenvalue weighted by atomic mass is 79.9. The van der Waals surface area contributed by atoms with Crippen LogP contribution in [-0.2, 0) is 0 Å². The fourth-order valence-corrected chi connectivity index (χ4v) is 2.50. The molecule has 0 saturated carbocycles. The summed E-state index contributed by atoms with van der Waals surface area (Å²) >= 11 is 3.41. The van der Waals surface area contributed by atoms with Crippen LogP contribution in [0.3, 0.4) is 0 Å². The molecule has 2 heterocycles. The molecular weight excluding hydrogens is 318 g/mol. The number of carbonyl (C=O) groups is 1. The molecular formula is C15H12BrN3O. The third-order valence-corrected chi connectivity index (χ3v) is 3.61. The third kappa shape index (κ3) is 2.44. The highest BCUT2D eigenvalue weighted by Gasteiger charge is 2.08. The van der Waals surface area contributed by atoms with Crippen LogP contribution in [0.1, 0.15) is 15.9 Å². The van der Waals surface area contributed by atoms with Gasteiger partial charge in [-0.1, -0.05) is 15.9 Å². The zero-order valence-corrected chi connectivity index (χ0v) is 12.4. The number of nitrogens with one attached hydrogen (secondary N) is 1. The van der Waals surface area contributed by atoms with Crippen molar-refractivity contribution in [1.29, 1.82) is 0 Å². The fourth-order valence-electron chi connectivity index (χ4n) is 2.02. The van der Waals surface area contributed by atoms with E-state index < -0.39 is 0 Å². The molecule has 4 nitrogen and oxygen atoms in total. The molecule has 0 bridgehead atoms. The molecule has 1 N–H and O–H groups in total. The SMILES string of the molecule is Cc1cc(Br)ccc1NC(=O)c1ccn2cncc2c1. The number of hydrogen-bond donors (Lipinski definition) is 1. The predicted molar refractivity (Wildman–Crippen MR) is 82.0 cm³/mol. The van der Waals surface area contributed by atoms with Crippen molar-refractivity contribution in [3.05, 3.63) is 64.7 Å². The van der Waals surface area contributed by atoms with Gasteiger partial charge in [0.2, 0.25) is 0 Å². The van der Waals surface area contributed by atoms with Gasteiger partial charge in [0.1, 0.15) is 0 Å². The summed E-state index contributed by atoms with van der Waals surface area (Å²) in [5.41, 5.74) is 3.33. The minimum Gasteiger partial charge on any atom is -0.322 e. The molecule has 0 atom stereocenters. The number of halogens is 1. The minimum absolute atomic E-state index is 0.126. The molecule has 0 unspecified atom stereocenters. The van der Waals surface area contributed by atoms with Gasteiger partial charge in [0, 0.05) is 21.9 Å². The van der Waals surface area contributed by atoms with Crippen molar-refractivity contribution in [1.82, 2.24) is 9.38 Å². The van der Waals surface area contributed by atoms with Gasteiger partial charge in [0.05, 0.1) is 18.0 Å². The summed E-state index contributed by atoms with van der Waals surface area (Å²) in [6.07, 6.45) is 5.25. The van der Waals surface area contributed by atoms with Gasteiger partial charge in [0.25, 0.3) is 5.91 Å². The minimum atomic E-state index is -0.126. The van der Waals surface area contributed by atoms with Gasteiger partial charge in [-0.2, -0.15) is 0 Å². The molecule has 0 aliphatic carbocycles. The van der Waals surface area contributed by atoms with Crippen LogP contribution in [0.4, 0.5) is 5.69 Å². The van der Waals surface area contributed by atoms with Gasteiger partial charge in [-0.15, -0.1) is 0 Å². The lowest BCUT2D eigenvalue weighted by Gasteiger charge is -2.09. The van der Waals surface area contributed by atoms with E-state index in [9.17, 15) is 4.79 Å². The predicted octanol–water partition coefficient (Wildman–Crippen LogP) is 3.66. The van der Waals surface area contributed by atoms with Gasteiger partial charge >= 0.3 is 0 Å². The van der Waals surface area contributed by atoms with Gasteiger partial charge < -0.3 is 9.72 Å². The van der Waals surface area contributed by atoms with Crippen LogP contribution in [0.15, 0.2) is 53.5 Å². The van der Waals surface area contributed by atoms with Gasteiger partial charge in [-0.25, -0.2) is 4.98 Å². The largest absolute Gasteiger partial charge is 0.322 e. The number of anilines is 1. The van der Waals surface area contributed by atoms with Crippen LogP contribution in [0, 0.1) is 6.92 Å². The smallest absolute Gasteiger partial charge is 0.255 e. The van der Waals surface area contributed by atoms with E-state index in [1.54, 1.807) is 18.6 Å². The first-order valence-corrected chi connectivity index (χ1v) is 6.92. The van der Waals surface area contributed by atoms with Crippen LogP contribution >= 0.6 is 15.9 Å². The molecule has 20 heavy (non-hydrogen) atoms. The van der Waals surface area contributed by atoms with Crippen molar-refractivity contribution in [2.75, 3.05) is 5.32 Å². The molecule has 2 aromatic heterocycles. The second-order valence-electron chi connectivity index (χ2n) is 4.55. The van der Waals surface area contributed by atoms with E-state index in [0.29, 0.717) is 5.56 Å². The number of benzene rings is 1. The monoisotopic (exact) mass is 329 g/mol. The second kappa shape index (κ2) is 5.09. The molecule has 0 spiro atoms. The Morgan fingerprint density at radius 1 is 1.30 bits per heavy atom. The Labute approximate surface area is 124 Å². The molecule has 0 aliphatic heterocycles. The molecule has 3 rings (SSSR count). The average Bonchev–Trinajstić information content (AvgIpc) is 2.89.